The summed E-state index contributed by atoms with van der Waals surface area (Å²) in [6.45, 7) is 0.880. The molecule has 21 heavy (non-hydrogen) atoms. The van der Waals surface area contributed by atoms with Crippen molar-refractivity contribution >= 4 is 26.0 Å². The van der Waals surface area contributed by atoms with Crippen LogP contribution in [-0.4, -0.2) is 32.4 Å². The minimum Gasteiger partial charge on any atom is -0.437 e. The van der Waals surface area contributed by atoms with Gasteiger partial charge in [-0.15, -0.1) is 0 Å². The molecule has 0 aliphatic carbocycles. The lowest BCUT2D eigenvalue weighted by molar-refractivity contribution is 0.378. The van der Waals surface area contributed by atoms with Crippen LogP contribution in [0.5, 0.6) is 0 Å². The molecule has 2 rings (SSSR count). The molecule has 2 aromatic rings. The second-order valence-corrected chi connectivity index (χ2v) is 7.14. The van der Waals surface area contributed by atoms with E-state index in [1.807, 2.05) is 30.3 Å². The van der Waals surface area contributed by atoms with Gasteiger partial charge in [0, 0.05) is 19.6 Å². The Kier molecular flexibility index (Phi) is 5.58. The monoisotopic (exact) mass is 372 g/mol. The number of sulfonamides is 1. The molecule has 5 nitrogen and oxygen atoms in total. The first kappa shape index (κ1) is 16.2. The van der Waals surface area contributed by atoms with Gasteiger partial charge in [-0.05, 0) is 40.0 Å². The molecule has 0 saturated carbocycles. The number of benzene rings is 1. The van der Waals surface area contributed by atoms with Gasteiger partial charge < -0.3 is 10.2 Å². The Balaban J connectivity index is 2.14. The Morgan fingerprint density at radius 3 is 2.38 bits per heavy atom. The summed E-state index contributed by atoms with van der Waals surface area (Å²) in [5, 5.41) is -0.0733. The van der Waals surface area contributed by atoms with Gasteiger partial charge in [-0.3, -0.25) is 0 Å². The van der Waals surface area contributed by atoms with Crippen LogP contribution in [0.3, 0.4) is 0 Å². The van der Waals surface area contributed by atoms with Gasteiger partial charge in [0.25, 0.3) is 10.0 Å². The van der Waals surface area contributed by atoms with E-state index in [1.165, 1.54) is 10.4 Å². The molecule has 2 N–H and O–H groups in total. The second kappa shape index (κ2) is 7.22. The Hall–Kier alpha value is -1.15. The van der Waals surface area contributed by atoms with Crippen LogP contribution in [0.4, 0.5) is 0 Å². The van der Waals surface area contributed by atoms with Crippen molar-refractivity contribution < 1.29 is 12.8 Å². The molecule has 0 spiro atoms. The number of halogens is 1. The highest BCUT2D eigenvalue weighted by Gasteiger charge is 2.26. The van der Waals surface area contributed by atoms with Crippen molar-refractivity contribution in [1.29, 1.82) is 0 Å². The van der Waals surface area contributed by atoms with E-state index in [4.69, 9.17) is 10.2 Å². The zero-order valence-electron chi connectivity index (χ0n) is 11.4. The zero-order valence-corrected chi connectivity index (χ0v) is 13.8. The van der Waals surface area contributed by atoms with Gasteiger partial charge in [-0.1, -0.05) is 30.3 Å². The van der Waals surface area contributed by atoms with Crippen molar-refractivity contribution in [2.45, 2.75) is 11.5 Å². The summed E-state index contributed by atoms with van der Waals surface area (Å²) in [6.07, 6.45) is 0.627. The van der Waals surface area contributed by atoms with Gasteiger partial charge in [0.15, 0.2) is 4.67 Å². The smallest absolute Gasteiger partial charge is 0.276 e. The number of furan rings is 1. The van der Waals surface area contributed by atoms with Crippen LogP contribution in [0.2, 0.25) is 0 Å². The van der Waals surface area contributed by atoms with Crippen molar-refractivity contribution in [3.63, 3.8) is 0 Å². The number of nitrogens with two attached hydrogens (primary N) is 1. The van der Waals surface area contributed by atoms with Crippen LogP contribution in [-0.2, 0) is 16.4 Å². The molecule has 0 fully saturated rings. The highest BCUT2D eigenvalue weighted by atomic mass is 79.9. The Morgan fingerprint density at radius 1 is 1.10 bits per heavy atom. The van der Waals surface area contributed by atoms with Crippen molar-refractivity contribution in [1.82, 2.24) is 4.31 Å². The summed E-state index contributed by atoms with van der Waals surface area (Å²) >= 11 is 3.11. The lowest BCUT2D eigenvalue weighted by atomic mass is 10.1. The Labute approximate surface area is 132 Å². The predicted molar refractivity (Wildman–Crippen MR) is 84.4 cm³/mol. The fourth-order valence-electron chi connectivity index (χ4n) is 1.96. The summed E-state index contributed by atoms with van der Waals surface area (Å²) in [5.74, 6) is 0. The van der Waals surface area contributed by atoms with Crippen LogP contribution in [0.25, 0.3) is 0 Å². The quantitative estimate of drug-likeness (QED) is 0.808. The molecule has 1 heterocycles. The lowest BCUT2D eigenvalue weighted by Gasteiger charge is -2.20. The van der Waals surface area contributed by atoms with Crippen LogP contribution in [0, 0.1) is 0 Å². The van der Waals surface area contributed by atoms with Crippen molar-refractivity contribution in [2.24, 2.45) is 5.73 Å². The van der Waals surface area contributed by atoms with Gasteiger partial charge in [0.1, 0.15) is 0 Å². The highest BCUT2D eigenvalue weighted by molar-refractivity contribution is 9.10. The van der Waals surface area contributed by atoms with Crippen molar-refractivity contribution in [3.8, 4) is 0 Å². The van der Waals surface area contributed by atoms with Gasteiger partial charge in [0.05, 0.1) is 0 Å². The molecule has 0 atom stereocenters. The maximum atomic E-state index is 12.5. The van der Waals surface area contributed by atoms with Crippen LogP contribution in [0.1, 0.15) is 5.56 Å². The summed E-state index contributed by atoms with van der Waals surface area (Å²) in [6, 6.07) is 12.7. The highest BCUT2D eigenvalue weighted by Crippen LogP contribution is 2.22. The summed E-state index contributed by atoms with van der Waals surface area (Å²) in [7, 11) is -3.66. The van der Waals surface area contributed by atoms with Gasteiger partial charge >= 0.3 is 0 Å². The zero-order chi connectivity index (χ0) is 15.3. The van der Waals surface area contributed by atoms with Crippen LogP contribution >= 0.6 is 15.9 Å². The first-order chi connectivity index (χ1) is 10.0. The SMILES string of the molecule is NCCN(CCc1ccccc1)S(=O)(=O)c1ccc(Br)o1. The average molecular weight is 373 g/mol. The summed E-state index contributed by atoms with van der Waals surface area (Å²) < 4.78 is 31.9. The largest absolute Gasteiger partial charge is 0.437 e. The number of rotatable bonds is 7. The average Bonchev–Trinajstić information content (AvgIpc) is 2.92. The maximum absolute atomic E-state index is 12.5. The topological polar surface area (TPSA) is 76.5 Å². The standard InChI is InChI=1S/C14H17BrN2O3S/c15-13-6-7-14(20-13)21(18,19)17(11-9-16)10-8-12-4-2-1-3-5-12/h1-7H,8-11,16H2. The third-order valence-corrected chi connectivity index (χ3v) is 5.21. The Bertz CT molecular complexity index is 671. The minimum absolute atomic E-state index is 0.0733. The van der Waals surface area contributed by atoms with Crippen molar-refractivity contribution in [3.05, 3.63) is 52.7 Å². The molecule has 114 valence electrons. The predicted octanol–water partition coefficient (Wildman–Crippen LogP) is 2.23. The molecule has 0 aliphatic heterocycles. The number of nitrogens with zero attached hydrogens (tertiary/aromatic N) is 1. The van der Waals surface area contributed by atoms with E-state index in [-0.39, 0.29) is 18.2 Å². The molecule has 1 aromatic heterocycles. The second-order valence-electron chi connectivity index (χ2n) is 4.49. The Morgan fingerprint density at radius 2 is 1.81 bits per heavy atom. The van der Waals surface area contributed by atoms with Gasteiger partial charge in [-0.25, -0.2) is 8.42 Å². The van der Waals surface area contributed by atoms with E-state index < -0.39 is 10.0 Å². The first-order valence-corrected chi connectivity index (χ1v) is 8.77. The molecular weight excluding hydrogens is 356 g/mol. The van der Waals surface area contributed by atoms with E-state index >= 15 is 0 Å². The minimum atomic E-state index is -3.66. The van der Waals surface area contributed by atoms with Gasteiger partial charge in [0.2, 0.25) is 5.09 Å². The van der Waals surface area contributed by atoms with Crippen molar-refractivity contribution in [2.75, 3.05) is 19.6 Å². The lowest BCUT2D eigenvalue weighted by Crippen LogP contribution is -2.36. The molecule has 0 unspecified atom stereocenters. The molecule has 0 bridgehead atoms. The fourth-order valence-corrected chi connectivity index (χ4v) is 3.74. The number of hydrogen-bond donors (Lipinski definition) is 1. The molecule has 0 radical (unpaired) electrons. The third-order valence-electron chi connectivity index (χ3n) is 3.01. The summed E-state index contributed by atoms with van der Waals surface area (Å²) in [5.41, 5.74) is 6.61. The fraction of sp³-hybridized carbons (Fsp3) is 0.286. The summed E-state index contributed by atoms with van der Waals surface area (Å²) in [4.78, 5) is 0. The van der Waals surface area contributed by atoms with E-state index in [1.54, 1.807) is 6.07 Å². The molecule has 7 heteroatoms. The third kappa shape index (κ3) is 4.16. The molecule has 0 amide bonds. The van der Waals surface area contributed by atoms with E-state index in [0.29, 0.717) is 17.6 Å². The van der Waals surface area contributed by atoms with Crippen LogP contribution < -0.4 is 5.73 Å². The number of hydrogen-bond acceptors (Lipinski definition) is 4. The van der Waals surface area contributed by atoms with Crippen LogP contribution in [0.15, 0.2) is 56.6 Å². The van der Waals surface area contributed by atoms with E-state index in [0.717, 1.165) is 5.56 Å². The molecular formula is C14H17BrN2O3S. The molecule has 1 aromatic carbocycles. The normalized spacial score (nSPS) is 12.0. The molecule has 0 aliphatic rings. The molecule has 0 saturated heterocycles. The maximum Gasteiger partial charge on any atom is 0.276 e. The van der Waals surface area contributed by atoms with Gasteiger partial charge in [-0.2, -0.15) is 4.31 Å². The van der Waals surface area contributed by atoms with E-state index in [9.17, 15) is 8.42 Å². The van der Waals surface area contributed by atoms with E-state index in [2.05, 4.69) is 15.9 Å². The first-order valence-electron chi connectivity index (χ1n) is 6.53.